The lowest BCUT2D eigenvalue weighted by molar-refractivity contribution is -0.203. The zero-order chi connectivity index (χ0) is 26.7. The second-order valence-corrected chi connectivity index (χ2v) is 15.5. The van der Waals surface area contributed by atoms with E-state index >= 15 is 0 Å². The maximum atomic E-state index is 14.5. The maximum Gasteiger partial charge on any atom is 0.178 e. The van der Waals surface area contributed by atoms with Gasteiger partial charge in [0.05, 0.1) is 5.57 Å². The maximum absolute atomic E-state index is 14.5. The number of carbonyl (C=O) groups excluding carboxylic acids is 2. The van der Waals surface area contributed by atoms with Crippen molar-refractivity contribution in [3.63, 3.8) is 0 Å². The summed E-state index contributed by atoms with van der Waals surface area (Å²) >= 11 is 0. The summed E-state index contributed by atoms with van der Waals surface area (Å²) in [7, 11) is 0. The molecule has 3 saturated carbocycles. The number of hydrogen-bond donors (Lipinski definition) is 1. The Morgan fingerprint density at radius 3 is 2.19 bits per heavy atom. The van der Waals surface area contributed by atoms with Gasteiger partial charge in [-0.05, 0) is 90.6 Å². The second-order valence-electron chi connectivity index (χ2n) is 15.5. The number of hydrogen-bond acceptors (Lipinski definition) is 4. The normalized spacial score (nSPS) is 48.9. The molecule has 5 rings (SSSR count). The van der Waals surface area contributed by atoms with Gasteiger partial charge in [0.2, 0.25) is 0 Å². The molecule has 4 heteroatoms. The van der Waals surface area contributed by atoms with E-state index in [9.17, 15) is 14.9 Å². The fraction of sp³-hybridized carbons (Fsp3) is 0.781. The number of nitrogens with two attached hydrogens (primary N) is 1. The summed E-state index contributed by atoms with van der Waals surface area (Å²) in [6.45, 7) is 18.8. The molecule has 0 aromatic rings. The van der Waals surface area contributed by atoms with Crippen LogP contribution in [0.3, 0.4) is 0 Å². The summed E-state index contributed by atoms with van der Waals surface area (Å²) in [5.41, 5.74) is 6.61. The summed E-state index contributed by atoms with van der Waals surface area (Å²) < 4.78 is 0. The molecule has 2 N–H and O–H groups in total. The average Bonchev–Trinajstić information content (AvgIpc) is 2.77. The number of Topliss-reactive ketones (excluding diaryl/α,β-unsaturated/α-hetero) is 1. The lowest BCUT2D eigenvalue weighted by atomic mass is 9.31. The SMILES string of the molecule is CC1(C)CC[C@]2(CN)CC[C@]3(C)[C@H](C(=O)C=C4[C@@]5(C)C=C(C#N)C(=O)C(C)(C)C5CC[C@]43C)[C@]2(C)C1. The van der Waals surface area contributed by atoms with Gasteiger partial charge in [-0.2, -0.15) is 5.26 Å². The number of allylic oxidation sites excluding steroid dienone is 4. The van der Waals surface area contributed by atoms with Crippen molar-refractivity contribution in [3.8, 4) is 6.07 Å². The summed E-state index contributed by atoms with van der Waals surface area (Å²) in [6, 6.07) is 2.20. The first-order valence-electron chi connectivity index (χ1n) is 14.1. The van der Waals surface area contributed by atoms with E-state index in [2.05, 4.69) is 47.6 Å². The molecule has 0 bridgehead atoms. The molecule has 0 aromatic heterocycles. The zero-order valence-electron chi connectivity index (χ0n) is 23.8. The van der Waals surface area contributed by atoms with Gasteiger partial charge in [-0.25, -0.2) is 0 Å². The van der Waals surface area contributed by atoms with Crippen LogP contribution in [0.2, 0.25) is 0 Å². The molecule has 0 aliphatic heterocycles. The van der Waals surface area contributed by atoms with Crippen molar-refractivity contribution in [1.29, 1.82) is 5.26 Å². The van der Waals surface area contributed by atoms with Crippen molar-refractivity contribution in [2.24, 2.45) is 55.5 Å². The van der Waals surface area contributed by atoms with Crippen molar-refractivity contribution in [1.82, 2.24) is 0 Å². The third kappa shape index (κ3) is 2.79. The Labute approximate surface area is 218 Å². The number of ketones is 2. The Morgan fingerprint density at radius 1 is 0.944 bits per heavy atom. The van der Waals surface area contributed by atoms with Crippen LogP contribution in [-0.4, -0.2) is 18.1 Å². The topological polar surface area (TPSA) is 83.9 Å². The predicted molar refractivity (Wildman–Crippen MR) is 143 cm³/mol. The quantitative estimate of drug-likeness (QED) is 0.451. The first kappa shape index (κ1) is 25.9. The Balaban J connectivity index is 1.73. The van der Waals surface area contributed by atoms with E-state index < -0.39 is 10.8 Å². The van der Waals surface area contributed by atoms with E-state index in [1.165, 1.54) is 12.0 Å². The predicted octanol–water partition coefficient (Wildman–Crippen LogP) is 6.55. The third-order valence-corrected chi connectivity index (χ3v) is 13.1. The zero-order valence-corrected chi connectivity index (χ0v) is 23.8. The summed E-state index contributed by atoms with van der Waals surface area (Å²) in [5.74, 6) is 0.225. The molecule has 0 saturated heterocycles. The first-order valence-corrected chi connectivity index (χ1v) is 14.1. The molecule has 1 unspecified atom stereocenters. The van der Waals surface area contributed by atoms with Crippen molar-refractivity contribution >= 4 is 11.6 Å². The molecule has 7 atom stereocenters. The van der Waals surface area contributed by atoms with Crippen LogP contribution in [0.1, 0.15) is 100 Å². The Kier molecular flexibility index (Phi) is 5.19. The average molecular weight is 491 g/mol. The Morgan fingerprint density at radius 2 is 1.58 bits per heavy atom. The van der Waals surface area contributed by atoms with E-state index in [0.717, 1.165) is 38.5 Å². The van der Waals surface area contributed by atoms with Gasteiger partial charge in [-0.3, -0.25) is 9.59 Å². The molecular formula is C32H46N2O2. The lowest BCUT2D eigenvalue weighted by Gasteiger charge is -2.72. The van der Waals surface area contributed by atoms with Gasteiger partial charge < -0.3 is 5.73 Å². The molecule has 3 fully saturated rings. The molecule has 0 amide bonds. The molecule has 196 valence electrons. The van der Waals surface area contributed by atoms with Gasteiger partial charge in [0, 0.05) is 16.7 Å². The smallest absolute Gasteiger partial charge is 0.178 e. The number of carbonyl (C=O) groups is 2. The summed E-state index contributed by atoms with van der Waals surface area (Å²) in [4.78, 5) is 27.7. The molecule has 5 aliphatic carbocycles. The Hall–Kier alpha value is -1.73. The van der Waals surface area contributed by atoms with Gasteiger partial charge in [0.25, 0.3) is 0 Å². The largest absolute Gasteiger partial charge is 0.330 e. The molecule has 0 heterocycles. The van der Waals surface area contributed by atoms with Crippen LogP contribution in [0.4, 0.5) is 0 Å². The fourth-order valence-electron chi connectivity index (χ4n) is 11.0. The van der Waals surface area contributed by atoms with Crippen LogP contribution in [0, 0.1) is 61.1 Å². The number of fused-ring (bicyclic) bond motifs is 7. The van der Waals surface area contributed by atoms with Crippen molar-refractivity contribution in [3.05, 3.63) is 23.3 Å². The number of rotatable bonds is 1. The van der Waals surface area contributed by atoms with Crippen LogP contribution < -0.4 is 5.73 Å². The standard InChI is InChI=1S/C32H46N2O2/c1-26(2)11-13-32(19-34)14-12-30(7)24(31(32,8)18-26)21(35)15-23-28(5)16-20(17-33)25(36)27(3,4)22(28)9-10-29(23,30)6/h15-16,22,24H,9-14,18-19,34H2,1-8H3/t22?,24-,28-,29+,30+,31-,32+/m0/s1. The minimum atomic E-state index is -0.627. The molecular weight excluding hydrogens is 444 g/mol. The number of nitriles is 1. The highest BCUT2D eigenvalue weighted by Gasteiger charge is 2.72. The first-order chi connectivity index (χ1) is 16.5. The summed E-state index contributed by atoms with van der Waals surface area (Å²) in [5, 5.41) is 9.88. The second kappa shape index (κ2) is 7.22. The van der Waals surface area contributed by atoms with Gasteiger partial charge in [-0.1, -0.05) is 67.0 Å². The van der Waals surface area contributed by atoms with Gasteiger partial charge >= 0.3 is 0 Å². The molecule has 0 aromatic carbocycles. The highest BCUT2D eigenvalue weighted by molar-refractivity contribution is 6.04. The highest BCUT2D eigenvalue weighted by atomic mass is 16.1. The van der Waals surface area contributed by atoms with Crippen molar-refractivity contribution < 1.29 is 9.59 Å². The minimum absolute atomic E-state index is 0.0122. The van der Waals surface area contributed by atoms with E-state index in [1.807, 2.05) is 26.0 Å². The molecule has 0 spiro atoms. The Bertz CT molecular complexity index is 1150. The van der Waals surface area contributed by atoms with Gasteiger partial charge in [-0.15, -0.1) is 0 Å². The van der Waals surface area contributed by atoms with E-state index in [-0.39, 0.29) is 56.1 Å². The van der Waals surface area contributed by atoms with Crippen LogP contribution in [0.5, 0.6) is 0 Å². The highest BCUT2D eigenvalue weighted by Crippen LogP contribution is 2.77. The lowest BCUT2D eigenvalue weighted by Crippen LogP contribution is -2.69. The van der Waals surface area contributed by atoms with E-state index in [0.29, 0.717) is 6.54 Å². The molecule has 5 aliphatic rings. The van der Waals surface area contributed by atoms with Crippen LogP contribution in [-0.2, 0) is 9.59 Å². The van der Waals surface area contributed by atoms with Crippen LogP contribution in [0.15, 0.2) is 23.3 Å². The molecule has 36 heavy (non-hydrogen) atoms. The van der Waals surface area contributed by atoms with Gasteiger partial charge in [0.1, 0.15) is 6.07 Å². The molecule has 0 radical (unpaired) electrons. The van der Waals surface area contributed by atoms with Crippen molar-refractivity contribution in [2.75, 3.05) is 6.54 Å². The summed E-state index contributed by atoms with van der Waals surface area (Å²) in [6.07, 6.45) is 11.2. The fourth-order valence-corrected chi connectivity index (χ4v) is 11.0. The van der Waals surface area contributed by atoms with Crippen molar-refractivity contribution in [2.45, 2.75) is 100 Å². The van der Waals surface area contributed by atoms with E-state index in [4.69, 9.17) is 5.73 Å². The minimum Gasteiger partial charge on any atom is -0.330 e. The molecule has 4 nitrogen and oxygen atoms in total. The third-order valence-electron chi connectivity index (χ3n) is 13.1. The van der Waals surface area contributed by atoms with E-state index in [1.54, 1.807) is 0 Å². The van der Waals surface area contributed by atoms with Gasteiger partial charge in [0.15, 0.2) is 11.6 Å². The monoisotopic (exact) mass is 490 g/mol. The number of nitrogens with zero attached hydrogens (tertiary/aromatic N) is 1. The van der Waals surface area contributed by atoms with Crippen LogP contribution >= 0.6 is 0 Å². The van der Waals surface area contributed by atoms with Crippen LogP contribution in [0.25, 0.3) is 0 Å².